The molecule has 0 bridgehead atoms. The molecule has 6 heteroatoms. The van der Waals surface area contributed by atoms with Gasteiger partial charge in [0.25, 0.3) is 0 Å². The summed E-state index contributed by atoms with van der Waals surface area (Å²) in [5.41, 5.74) is -0.726. The number of ether oxygens (including phenoxy) is 3. The van der Waals surface area contributed by atoms with E-state index in [-0.39, 0.29) is 11.7 Å². The molecule has 0 radical (unpaired) electrons. The molecule has 3 rings (SSSR count). The number of carbonyl (C=O) groups excluding carboxylic acids is 1. The molecule has 144 valence electrons. The van der Waals surface area contributed by atoms with Gasteiger partial charge >= 0.3 is 6.09 Å². The van der Waals surface area contributed by atoms with Gasteiger partial charge in [-0.1, -0.05) is 0 Å². The van der Waals surface area contributed by atoms with Crippen molar-refractivity contribution in [1.82, 2.24) is 10.2 Å². The predicted octanol–water partition coefficient (Wildman–Crippen LogP) is 2.56. The summed E-state index contributed by atoms with van der Waals surface area (Å²) in [6.45, 7) is 8.67. The highest BCUT2D eigenvalue weighted by atomic mass is 16.6. The highest BCUT2D eigenvalue weighted by Crippen LogP contribution is 2.40. The molecule has 1 spiro atoms. The number of methoxy groups -OCH3 is 1. The summed E-state index contributed by atoms with van der Waals surface area (Å²) in [6.07, 6.45) is 5.62. The van der Waals surface area contributed by atoms with E-state index in [0.29, 0.717) is 37.8 Å². The molecule has 2 aliphatic heterocycles. The molecular weight excluding hydrogens is 320 g/mol. The summed E-state index contributed by atoms with van der Waals surface area (Å²) in [6, 6.07) is 0.312. The summed E-state index contributed by atoms with van der Waals surface area (Å²) in [7, 11) is 1.81. The largest absolute Gasteiger partial charge is 0.444 e. The topological polar surface area (TPSA) is 60.0 Å². The highest BCUT2D eigenvalue weighted by molar-refractivity contribution is 5.68. The van der Waals surface area contributed by atoms with Gasteiger partial charge in [0.1, 0.15) is 11.2 Å². The Morgan fingerprint density at radius 1 is 1.24 bits per heavy atom. The van der Waals surface area contributed by atoms with E-state index in [1.807, 2.05) is 32.8 Å². The molecule has 2 heterocycles. The van der Waals surface area contributed by atoms with Crippen molar-refractivity contribution in [2.45, 2.75) is 76.2 Å². The number of carbonyl (C=O) groups is 1. The summed E-state index contributed by atoms with van der Waals surface area (Å²) in [5.74, 6) is 0.588. The molecule has 25 heavy (non-hydrogen) atoms. The Kier molecular flexibility index (Phi) is 5.61. The summed E-state index contributed by atoms with van der Waals surface area (Å²) in [5, 5.41) is 3.72. The van der Waals surface area contributed by atoms with Crippen molar-refractivity contribution >= 4 is 6.09 Å². The fraction of sp³-hybridized carbons (Fsp3) is 0.947. The highest BCUT2D eigenvalue weighted by Gasteiger charge is 2.51. The third-order valence-corrected chi connectivity index (χ3v) is 5.86. The second-order valence-electron chi connectivity index (χ2n) is 8.77. The fourth-order valence-electron chi connectivity index (χ4n) is 4.66. The van der Waals surface area contributed by atoms with Gasteiger partial charge in [-0.05, 0) is 58.8 Å². The van der Waals surface area contributed by atoms with Crippen LogP contribution in [0.5, 0.6) is 0 Å². The van der Waals surface area contributed by atoms with Crippen LogP contribution in [-0.4, -0.2) is 67.7 Å². The van der Waals surface area contributed by atoms with E-state index in [1.54, 1.807) is 0 Å². The maximum absolute atomic E-state index is 12.5. The Bertz CT molecular complexity index is 471. The molecule has 1 amide bonds. The van der Waals surface area contributed by atoms with Gasteiger partial charge in [0, 0.05) is 26.2 Å². The standard InChI is InChI=1S/C19H34N2O4/c1-18(2,3)25-17(22)21-11-9-19(13-21)16(20-10-12-24-19)14-5-7-15(23-4)8-6-14/h14-16,20H,5-13H2,1-4H3. The molecule has 0 aromatic rings. The lowest BCUT2D eigenvalue weighted by molar-refractivity contribution is -0.109. The van der Waals surface area contributed by atoms with Crippen LogP contribution in [0.3, 0.4) is 0 Å². The van der Waals surface area contributed by atoms with Crippen molar-refractivity contribution in [3.05, 3.63) is 0 Å². The Morgan fingerprint density at radius 3 is 2.60 bits per heavy atom. The first kappa shape index (κ1) is 18.9. The maximum atomic E-state index is 12.5. The number of rotatable bonds is 2. The van der Waals surface area contributed by atoms with Crippen LogP contribution in [0.1, 0.15) is 52.9 Å². The Morgan fingerprint density at radius 2 is 1.96 bits per heavy atom. The van der Waals surface area contributed by atoms with Gasteiger partial charge < -0.3 is 24.4 Å². The number of nitrogens with one attached hydrogen (secondary N) is 1. The fourth-order valence-corrected chi connectivity index (χ4v) is 4.66. The van der Waals surface area contributed by atoms with Crippen LogP contribution in [0.15, 0.2) is 0 Å². The second-order valence-corrected chi connectivity index (χ2v) is 8.77. The van der Waals surface area contributed by atoms with E-state index in [0.717, 1.165) is 38.6 Å². The number of hydrogen-bond donors (Lipinski definition) is 1. The average molecular weight is 354 g/mol. The Balaban J connectivity index is 1.65. The van der Waals surface area contributed by atoms with E-state index < -0.39 is 5.60 Å². The zero-order valence-electron chi connectivity index (χ0n) is 16.2. The predicted molar refractivity (Wildman–Crippen MR) is 95.7 cm³/mol. The van der Waals surface area contributed by atoms with E-state index in [2.05, 4.69) is 5.32 Å². The van der Waals surface area contributed by atoms with E-state index in [4.69, 9.17) is 14.2 Å². The van der Waals surface area contributed by atoms with Crippen LogP contribution >= 0.6 is 0 Å². The van der Waals surface area contributed by atoms with Crippen molar-refractivity contribution in [3.8, 4) is 0 Å². The molecule has 3 aliphatic rings. The number of likely N-dealkylation sites (tertiary alicyclic amines) is 1. The van der Waals surface area contributed by atoms with E-state index in [1.165, 1.54) is 0 Å². The minimum atomic E-state index is -0.462. The van der Waals surface area contributed by atoms with Crippen LogP contribution in [-0.2, 0) is 14.2 Å². The van der Waals surface area contributed by atoms with Gasteiger partial charge in [0.2, 0.25) is 0 Å². The molecule has 1 saturated carbocycles. The van der Waals surface area contributed by atoms with Gasteiger partial charge in [0.05, 0.1) is 19.3 Å². The molecule has 3 fully saturated rings. The SMILES string of the molecule is COC1CCC(C2NCCOC23CCN(C(=O)OC(C)(C)C)C3)CC1. The molecule has 0 aromatic heterocycles. The molecule has 6 nitrogen and oxygen atoms in total. The maximum Gasteiger partial charge on any atom is 0.410 e. The first-order valence-electron chi connectivity index (χ1n) is 9.71. The third-order valence-electron chi connectivity index (χ3n) is 5.86. The minimum absolute atomic E-state index is 0.222. The van der Waals surface area contributed by atoms with E-state index >= 15 is 0 Å². The van der Waals surface area contributed by atoms with Gasteiger partial charge in [-0.15, -0.1) is 0 Å². The molecule has 2 atom stereocenters. The van der Waals surface area contributed by atoms with Crippen LogP contribution in [0, 0.1) is 5.92 Å². The lowest BCUT2D eigenvalue weighted by Gasteiger charge is -2.47. The lowest BCUT2D eigenvalue weighted by Crippen LogP contribution is -2.62. The zero-order valence-corrected chi connectivity index (χ0v) is 16.2. The quantitative estimate of drug-likeness (QED) is 0.826. The van der Waals surface area contributed by atoms with Gasteiger partial charge in [0.15, 0.2) is 0 Å². The first-order valence-corrected chi connectivity index (χ1v) is 9.71. The molecule has 0 aromatic carbocycles. The number of amides is 1. The molecule has 1 aliphatic carbocycles. The molecular formula is C19H34N2O4. The van der Waals surface area contributed by atoms with Crippen molar-refractivity contribution in [1.29, 1.82) is 0 Å². The lowest BCUT2D eigenvalue weighted by atomic mass is 9.74. The van der Waals surface area contributed by atoms with Crippen molar-refractivity contribution < 1.29 is 19.0 Å². The normalized spacial score (nSPS) is 36.6. The van der Waals surface area contributed by atoms with Gasteiger partial charge in [-0.25, -0.2) is 4.79 Å². The van der Waals surface area contributed by atoms with Crippen molar-refractivity contribution in [2.24, 2.45) is 5.92 Å². The van der Waals surface area contributed by atoms with Crippen molar-refractivity contribution in [3.63, 3.8) is 0 Å². The molecule has 2 saturated heterocycles. The van der Waals surface area contributed by atoms with Crippen molar-refractivity contribution in [2.75, 3.05) is 33.4 Å². The van der Waals surface area contributed by atoms with Crippen LogP contribution in [0.2, 0.25) is 0 Å². The number of hydrogen-bond acceptors (Lipinski definition) is 5. The van der Waals surface area contributed by atoms with E-state index in [9.17, 15) is 4.79 Å². The monoisotopic (exact) mass is 354 g/mol. The summed E-state index contributed by atoms with van der Waals surface area (Å²) >= 11 is 0. The molecule has 1 N–H and O–H groups in total. The average Bonchev–Trinajstić information content (AvgIpc) is 2.99. The minimum Gasteiger partial charge on any atom is -0.444 e. The number of nitrogens with zero attached hydrogens (tertiary/aromatic N) is 1. The van der Waals surface area contributed by atoms with Crippen LogP contribution < -0.4 is 5.32 Å². The Labute approximate surface area is 151 Å². The summed E-state index contributed by atoms with van der Waals surface area (Å²) < 4.78 is 17.4. The number of morpholine rings is 1. The molecule has 2 unspecified atom stereocenters. The van der Waals surface area contributed by atoms with Gasteiger partial charge in [-0.3, -0.25) is 0 Å². The smallest absolute Gasteiger partial charge is 0.410 e. The van der Waals surface area contributed by atoms with Crippen LogP contribution in [0.25, 0.3) is 0 Å². The first-order chi connectivity index (χ1) is 11.8. The second kappa shape index (κ2) is 7.41. The third kappa shape index (κ3) is 4.29. The summed E-state index contributed by atoms with van der Waals surface area (Å²) in [4.78, 5) is 14.3. The van der Waals surface area contributed by atoms with Gasteiger partial charge in [-0.2, -0.15) is 0 Å². The van der Waals surface area contributed by atoms with Crippen LogP contribution in [0.4, 0.5) is 4.79 Å². The Hall–Kier alpha value is -0.850. The zero-order chi connectivity index (χ0) is 18.1.